The van der Waals surface area contributed by atoms with Crippen molar-refractivity contribution >= 4 is 17.7 Å². The first-order valence-corrected chi connectivity index (χ1v) is 7.45. The van der Waals surface area contributed by atoms with Gasteiger partial charge in [-0.1, -0.05) is 11.8 Å². The SMILES string of the molecule is CSc1ccc(C(=O)N2CCCC(C(C)O)C2)o1. The summed E-state index contributed by atoms with van der Waals surface area (Å²) in [4.78, 5) is 14.0. The van der Waals surface area contributed by atoms with Crippen molar-refractivity contribution in [3.05, 3.63) is 17.9 Å². The van der Waals surface area contributed by atoms with E-state index < -0.39 is 0 Å². The molecule has 2 rings (SSSR count). The van der Waals surface area contributed by atoms with Crippen molar-refractivity contribution in [2.45, 2.75) is 31.0 Å². The number of aliphatic hydroxyl groups excluding tert-OH is 1. The van der Waals surface area contributed by atoms with Gasteiger partial charge in [0.2, 0.25) is 0 Å². The maximum absolute atomic E-state index is 12.2. The summed E-state index contributed by atoms with van der Waals surface area (Å²) in [5, 5.41) is 10.4. The lowest BCUT2D eigenvalue weighted by molar-refractivity contribution is 0.0439. The van der Waals surface area contributed by atoms with Gasteiger partial charge in [0, 0.05) is 19.0 Å². The molecule has 1 N–H and O–H groups in total. The number of thioether (sulfide) groups is 1. The van der Waals surface area contributed by atoms with E-state index in [1.807, 2.05) is 12.3 Å². The Bertz CT molecular complexity index is 416. The molecule has 1 aliphatic heterocycles. The zero-order valence-corrected chi connectivity index (χ0v) is 11.6. The zero-order valence-electron chi connectivity index (χ0n) is 10.8. The molecule has 1 amide bonds. The largest absolute Gasteiger partial charge is 0.445 e. The molecule has 2 heterocycles. The summed E-state index contributed by atoms with van der Waals surface area (Å²) >= 11 is 1.48. The second-order valence-electron chi connectivity index (χ2n) is 4.72. The third-order valence-corrected chi connectivity index (χ3v) is 4.04. The van der Waals surface area contributed by atoms with Crippen LogP contribution < -0.4 is 0 Å². The van der Waals surface area contributed by atoms with Crippen LogP contribution in [0.3, 0.4) is 0 Å². The van der Waals surface area contributed by atoms with E-state index in [0.29, 0.717) is 12.3 Å². The highest BCUT2D eigenvalue weighted by Crippen LogP contribution is 2.23. The first-order valence-electron chi connectivity index (χ1n) is 6.23. The summed E-state index contributed by atoms with van der Waals surface area (Å²) in [6, 6.07) is 3.54. The molecule has 1 saturated heterocycles. The number of carbonyl (C=O) groups is 1. The van der Waals surface area contributed by atoms with Crippen molar-refractivity contribution in [1.29, 1.82) is 0 Å². The molecule has 0 saturated carbocycles. The highest BCUT2D eigenvalue weighted by Gasteiger charge is 2.28. The van der Waals surface area contributed by atoms with Gasteiger partial charge in [0.25, 0.3) is 5.91 Å². The second kappa shape index (κ2) is 5.80. The van der Waals surface area contributed by atoms with E-state index in [1.54, 1.807) is 17.9 Å². The van der Waals surface area contributed by atoms with Crippen molar-refractivity contribution in [2.75, 3.05) is 19.3 Å². The fourth-order valence-electron chi connectivity index (χ4n) is 2.29. The molecule has 18 heavy (non-hydrogen) atoms. The zero-order chi connectivity index (χ0) is 13.1. The molecule has 1 aromatic rings. The second-order valence-corrected chi connectivity index (χ2v) is 5.53. The van der Waals surface area contributed by atoms with Gasteiger partial charge in [0.05, 0.1) is 6.10 Å². The molecule has 4 nitrogen and oxygen atoms in total. The summed E-state index contributed by atoms with van der Waals surface area (Å²) < 4.78 is 5.45. The van der Waals surface area contributed by atoms with Crippen molar-refractivity contribution in [1.82, 2.24) is 4.90 Å². The molecule has 5 heteroatoms. The molecule has 0 radical (unpaired) electrons. The predicted octanol–water partition coefficient (Wildman–Crippen LogP) is 2.23. The summed E-state index contributed by atoms with van der Waals surface area (Å²) in [6.07, 6.45) is 3.48. The quantitative estimate of drug-likeness (QED) is 0.855. The average Bonchev–Trinajstić information content (AvgIpc) is 2.86. The summed E-state index contributed by atoms with van der Waals surface area (Å²) in [6.45, 7) is 3.15. The van der Waals surface area contributed by atoms with Crippen LogP contribution in [0, 0.1) is 5.92 Å². The number of carbonyl (C=O) groups excluding carboxylic acids is 1. The van der Waals surface area contributed by atoms with Crippen LogP contribution >= 0.6 is 11.8 Å². The smallest absolute Gasteiger partial charge is 0.289 e. The summed E-state index contributed by atoms with van der Waals surface area (Å²) in [5.41, 5.74) is 0. The number of aliphatic hydroxyl groups is 1. The lowest BCUT2D eigenvalue weighted by Crippen LogP contribution is -2.42. The fourth-order valence-corrected chi connectivity index (χ4v) is 2.67. The summed E-state index contributed by atoms with van der Waals surface area (Å²) in [7, 11) is 0. The first kappa shape index (κ1) is 13.5. The molecule has 0 spiro atoms. The monoisotopic (exact) mass is 269 g/mol. The Morgan fingerprint density at radius 2 is 2.39 bits per heavy atom. The standard InChI is InChI=1S/C13H19NO3S/c1-9(15)10-4-3-7-14(8-10)13(16)11-5-6-12(17-11)18-2/h5-6,9-10,15H,3-4,7-8H2,1-2H3. The van der Waals surface area contributed by atoms with Gasteiger partial charge in [-0.3, -0.25) is 4.79 Å². The van der Waals surface area contributed by atoms with Gasteiger partial charge in [0.1, 0.15) is 0 Å². The van der Waals surface area contributed by atoms with Crippen LogP contribution in [-0.2, 0) is 0 Å². The number of hydrogen-bond acceptors (Lipinski definition) is 4. The topological polar surface area (TPSA) is 53.7 Å². The number of piperidine rings is 1. The molecule has 100 valence electrons. The van der Waals surface area contributed by atoms with Crippen LogP contribution in [0.15, 0.2) is 21.6 Å². The van der Waals surface area contributed by atoms with E-state index in [2.05, 4.69) is 0 Å². The van der Waals surface area contributed by atoms with Gasteiger partial charge in [0.15, 0.2) is 10.9 Å². The van der Waals surface area contributed by atoms with Gasteiger partial charge in [-0.2, -0.15) is 0 Å². The Morgan fingerprint density at radius 1 is 1.61 bits per heavy atom. The van der Waals surface area contributed by atoms with Crippen LogP contribution in [0.1, 0.15) is 30.3 Å². The molecular weight excluding hydrogens is 250 g/mol. The van der Waals surface area contributed by atoms with Gasteiger partial charge >= 0.3 is 0 Å². The molecule has 0 bridgehead atoms. The number of nitrogens with zero attached hydrogens (tertiary/aromatic N) is 1. The van der Waals surface area contributed by atoms with Gasteiger partial charge < -0.3 is 14.4 Å². The Kier molecular flexibility index (Phi) is 4.35. The lowest BCUT2D eigenvalue weighted by atomic mass is 9.93. The molecule has 2 unspecified atom stereocenters. The van der Waals surface area contributed by atoms with Gasteiger partial charge in [-0.15, -0.1) is 0 Å². The molecule has 2 atom stereocenters. The third-order valence-electron chi connectivity index (χ3n) is 3.42. The van der Waals surface area contributed by atoms with E-state index in [-0.39, 0.29) is 17.9 Å². The van der Waals surface area contributed by atoms with E-state index in [0.717, 1.165) is 24.5 Å². The van der Waals surface area contributed by atoms with E-state index in [4.69, 9.17) is 4.42 Å². The number of rotatable bonds is 3. The fraction of sp³-hybridized carbons (Fsp3) is 0.615. The van der Waals surface area contributed by atoms with Crippen molar-refractivity contribution < 1.29 is 14.3 Å². The Balaban J connectivity index is 2.04. The lowest BCUT2D eigenvalue weighted by Gasteiger charge is -2.33. The van der Waals surface area contributed by atoms with Gasteiger partial charge in [-0.05, 0) is 38.2 Å². The van der Waals surface area contributed by atoms with Crippen molar-refractivity contribution in [2.24, 2.45) is 5.92 Å². The Labute approximate surface area is 111 Å². The van der Waals surface area contributed by atoms with E-state index in [1.165, 1.54) is 11.8 Å². The van der Waals surface area contributed by atoms with Crippen LogP contribution in [0.4, 0.5) is 0 Å². The average molecular weight is 269 g/mol. The van der Waals surface area contributed by atoms with Crippen LogP contribution in [-0.4, -0.2) is 41.4 Å². The van der Waals surface area contributed by atoms with Crippen LogP contribution in [0.2, 0.25) is 0 Å². The maximum atomic E-state index is 12.2. The summed E-state index contributed by atoms with van der Waals surface area (Å²) in [5.74, 6) is 0.504. The molecule has 1 aliphatic rings. The Hall–Kier alpha value is -0.940. The van der Waals surface area contributed by atoms with Crippen molar-refractivity contribution in [3.63, 3.8) is 0 Å². The van der Waals surface area contributed by atoms with E-state index >= 15 is 0 Å². The van der Waals surface area contributed by atoms with Gasteiger partial charge in [-0.25, -0.2) is 0 Å². The highest BCUT2D eigenvalue weighted by atomic mass is 32.2. The minimum absolute atomic E-state index is 0.0688. The Morgan fingerprint density at radius 3 is 3.00 bits per heavy atom. The molecule has 0 aromatic carbocycles. The number of furan rings is 1. The minimum Gasteiger partial charge on any atom is -0.445 e. The molecule has 1 fully saturated rings. The van der Waals surface area contributed by atoms with E-state index in [9.17, 15) is 9.90 Å². The molecule has 1 aromatic heterocycles. The van der Waals surface area contributed by atoms with Crippen molar-refractivity contribution in [3.8, 4) is 0 Å². The number of hydrogen-bond donors (Lipinski definition) is 1. The van der Waals surface area contributed by atoms with Crippen LogP contribution in [0.25, 0.3) is 0 Å². The number of likely N-dealkylation sites (tertiary alicyclic amines) is 1. The normalized spacial score (nSPS) is 21.9. The maximum Gasteiger partial charge on any atom is 0.289 e. The number of amides is 1. The third kappa shape index (κ3) is 2.90. The molecule has 0 aliphatic carbocycles. The first-order chi connectivity index (χ1) is 8.61. The highest BCUT2D eigenvalue weighted by molar-refractivity contribution is 7.98. The predicted molar refractivity (Wildman–Crippen MR) is 70.8 cm³/mol. The minimum atomic E-state index is -0.362. The molecular formula is C13H19NO3S. The van der Waals surface area contributed by atoms with Crippen LogP contribution in [0.5, 0.6) is 0 Å².